The molecule has 0 spiro atoms. The van der Waals surface area contributed by atoms with E-state index in [1.165, 1.54) is 6.07 Å². The van der Waals surface area contributed by atoms with Gasteiger partial charge in [-0.2, -0.15) is 13.2 Å². The highest BCUT2D eigenvalue weighted by molar-refractivity contribution is 6.30. The number of rotatable bonds is 1. The fourth-order valence-electron chi connectivity index (χ4n) is 1.75. The zero-order valence-corrected chi connectivity index (χ0v) is 12.3. The van der Waals surface area contributed by atoms with Crippen LogP contribution >= 0.6 is 11.6 Å². The summed E-state index contributed by atoms with van der Waals surface area (Å²) in [6, 6.07) is 2.10. The molecule has 2 rings (SSSR count). The lowest BCUT2D eigenvalue weighted by atomic mass is 9.90. The smallest absolute Gasteiger partial charge is 0.339 e. The number of hydrogen-bond acceptors (Lipinski definition) is 3. The molecule has 0 saturated carbocycles. The molecule has 0 bridgehead atoms. The second-order valence-electron chi connectivity index (χ2n) is 5.66. The van der Waals surface area contributed by atoms with Crippen LogP contribution < -0.4 is 0 Å². The van der Waals surface area contributed by atoms with Gasteiger partial charge in [-0.3, -0.25) is 0 Å². The fraction of sp³-hybridized carbons (Fsp3) is 0.615. The molecule has 0 unspecified atom stereocenters. The molecule has 20 heavy (non-hydrogen) atoms. The lowest BCUT2D eigenvalue weighted by Gasteiger charge is -2.30. The van der Waals surface area contributed by atoms with Crippen molar-refractivity contribution in [2.24, 2.45) is 0 Å². The Balaban J connectivity index is 2.33. The van der Waals surface area contributed by atoms with Crippen LogP contribution in [0.2, 0.25) is 5.15 Å². The quantitative estimate of drug-likeness (QED) is 0.722. The van der Waals surface area contributed by atoms with Crippen molar-refractivity contribution >= 4 is 11.6 Å². The summed E-state index contributed by atoms with van der Waals surface area (Å²) in [5, 5.41) is -0.265. The molecule has 112 valence electrons. The summed E-state index contributed by atoms with van der Waals surface area (Å²) in [4.78, 5) is 3.36. The van der Waals surface area contributed by atoms with Gasteiger partial charge in [-0.1, -0.05) is 11.6 Å². The molecule has 0 radical (unpaired) electrons. The first-order chi connectivity index (χ1) is 8.94. The molecule has 7 heteroatoms. The molecule has 2 heterocycles. The monoisotopic (exact) mass is 309 g/mol. The predicted octanol–water partition coefficient (Wildman–Crippen LogP) is 4.36. The first kappa shape index (κ1) is 15.5. The predicted molar refractivity (Wildman–Crippen MR) is 67.3 cm³/mol. The molecule has 1 saturated heterocycles. The highest BCUT2D eigenvalue weighted by atomic mass is 35.5. The van der Waals surface area contributed by atoms with Crippen LogP contribution in [0.15, 0.2) is 12.1 Å². The summed E-state index contributed by atoms with van der Waals surface area (Å²) in [7, 11) is 0. The Kier molecular flexibility index (Phi) is 3.56. The summed E-state index contributed by atoms with van der Waals surface area (Å²) in [5.41, 5.74) is -1.94. The zero-order valence-electron chi connectivity index (χ0n) is 11.5. The summed E-state index contributed by atoms with van der Waals surface area (Å²) >= 11 is 5.83. The topological polar surface area (TPSA) is 31.4 Å². The third-order valence-electron chi connectivity index (χ3n) is 3.68. The van der Waals surface area contributed by atoms with Gasteiger partial charge in [-0.25, -0.2) is 4.98 Å². The maximum Gasteiger partial charge on any atom is 0.433 e. The number of halogens is 4. The van der Waals surface area contributed by atoms with Gasteiger partial charge in [0.25, 0.3) is 0 Å². The Morgan fingerprint density at radius 1 is 1.10 bits per heavy atom. The van der Waals surface area contributed by atoms with Crippen LogP contribution in [0, 0.1) is 0 Å². The minimum Gasteiger partial charge on any atom is -0.339 e. The molecule has 0 amide bonds. The second-order valence-corrected chi connectivity index (χ2v) is 6.02. The van der Waals surface area contributed by atoms with Crippen molar-refractivity contribution in [3.8, 4) is 0 Å². The molecule has 1 aliphatic rings. The maximum absolute atomic E-state index is 12.5. The average molecular weight is 310 g/mol. The number of aromatic nitrogens is 1. The van der Waals surface area contributed by atoms with Crippen LogP contribution in [0.5, 0.6) is 0 Å². The number of ether oxygens (including phenoxy) is 2. The van der Waals surface area contributed by atoms with E-state index in [4.69, 9.17) is 21.1 Å². The van der Waals surface area contributed by atoms with E-state index in [1.54, 1.807) is 0 Å². The van der Waals surface area contributed by atoms with E-state index in [2.05, 4.69) is 4.98 Å². The van der Waals surface area contributed by atoms with E-state index in [-0.39, 0.29) is 5.15 Å². The van der Waals surface area contributed by atoms with Crippen LogP contribution in [-0.2, 0) is 15.7 Å². The molecule has 1 fully saturated rings. The Bertz CT molecular complexity index is 513. The summed E-state index contributed by atoms with van der Waals surface area (Å²) in [6.07, 6.45) is -5.36. The lowest BCUT2D eigenvalue weighted by molar-refractivity contribution is -0.141. The first-order valence-corrected chi connectivity index (χ1v) is 6.41. The number of alkyl halides is 3. The van der Waals surface area contributed by atoms with Gasteiger partial charge in [0.15, 0.2) is 6.29 Å². The third-order valence-corrected chi connectivity index (χ3v) is 3.98. The molecule has 0 aromatic carbocycles. The van der Waals surface area contributed by atoms with Gasteiger partial charge >= 0.3 is 6.18 Å². The van der Waals surface area contributed by atoms with E-state index in [0.29, 0.717) is 5.56 Å². The Morgan fingerprint density at radius 2 is 1.60 bits per heavy atom. The van der Waals surface area contributed by atoms with Crippen LogP contribution in [0.3, 0.4) is 0 Å². The third kappa shape index (κ3) is 2.64. The van der Waals surface area contributed by atoms with Crippen molar-refractivity contribution in [2.45, 2.75) is 51.4 Å². The summed E-state index contributed by atoms with van der Waals surface area (Å²) in [5.74, 6) is 0. The molecule has 1 aliphatic heterocycles. The number of pyridine rings is 1. The second kappa shape index (κ2) is 4.58. The van der Waals surface area contributed by atoms with Crippen molar-refractivity contribution in [1.82, 2.24) is 4.98 Å². The molecular formula is C13H15ClF3NO2. The van der Waals surface area contributed by atoms with Gasteiger partial charge in [0.1, 0.15) is 10.8 Å². The van der Waals surface area contributed by atoms with Crippen molar-refractivity contribution in [3.05, 3.63) is 28.5 Å². The van der Waals surface area contributed by atoms with Gasteiger partial charge in [0.2, 0.25) is 0 Å². The summed E-state index contributed by atoms with van der Waals surface area (Å²) < 4.78 is 49.1. The minimum absolute atomic E-state index is 0.265. The van der Waals surface area contributed by atoms with Crippen LogP contribution in [0.4, 0.5) is 13.2 Å². The van der Waals surface area contributed by atoms with E-state index >= 15 is 0 Å². The van der Waals surface area contributed by atoms with Crippen molar-refractivity contribution in [1.29, 1.82) is 0 Å². The minimum atomic E-state index is -4.53. The Hall–Kier alpha value is -0.850. The van der Waals surface area contributed by atoms with Crippen LogP contribution in [-0.4, -0.2) is 16.2 Å². The van der Waals surface area contributed by atoms with Gasteiger partial charge in [0, 0.05) is 5.56 Å². The Morgan fingerprint density at radius 3 is 2.00 bits per heavy atom. The van der Waals surface area contributed by atoms with E-state index < -0.39 is 29.4 Å². The number of nitrogens with zero attached hydrogens (tertiary/aromatic N) is 1. The van der Waals surface area contributed by atoms with Crippen LogP contribution in [0.1, 0.15) is 45.2 Å². The molecular weight excluding hydrogens is 295 g/mol. The van der Waals surface area contributed by atoms with Crippen LogP contribution in [0.25, 0.3) is 0 Å². The molecule has 1 aromatic rings. The van der Waals surface area contributed by atoms with Gasteiger partial charge in [0.05, 0.1) is 11.2 Å². The van der Waals surface area contributed by atoms with Crippen molar-refractivity contribution < 1.29 is 22.6 Å². The maximum atomic E-state index is 12.5. The lowest BCUT2D eigenvalue weighted by Crippen LogP contribution is -2.41. The van der Waals surface area contributed by atoms with Gasteiger partial charge < -0.3 is 9.47 Å². The summed E-state index contributed by atoms with van der Waals surface area (Å²) in [6.45, 7) is 7.38. The molecule has 0 atom stereocenters. The Labute approximate surface area is 120 Å². The normalized spacial score (nSPS) is 22.2. The van der Waals surface area contributed by atoms with Crippen molar-refractivity contribution in [2.75, 3.05) is 0 Å². The fourth-order valence-corrected chi connectivity index (χ4v) is 1.99. The zero-order chi connectivity index (χ0) is 15.3. The van der Waals surface area contributed by atoms with Crippen molar-refractivity contribution in [3.63, 3.8) is 0 Å². The van der Waals surface area contributed by atoms with Gasteiger partial charge in [-0.05, 0) is 39.8 Å². The largest absolute Gasteiger partial charge is 0.433 e. The van der Waals surface area contributed by atoms with Gasteiger partial charge in [-0.15, -0.1) is 0 Å². The van der Waals surface area contributed by atoms with E-state index in [0.717, 1.165) is 6.07 Å². The highest BCUT2D eigenvalue weighted by Crippen LogP contribution is 2.46. The molecule has 1 aromatic heterocycles. The standard InChI is InChI=1S/C13H15ClF3NO2/c1-11(2)12(3,4)20-10(19-11)7-5-6-8(13(15,16)17)18-9(7)14/h5-6,10H,1-4H3. The average Bonchev–Trinajstić information content (AvgIpc) is 2.46. The first-order valence-electron chi connectivity index (χ1n) is 6.03. The molecule has 0 N–H and O–H groups in total. The number of hydrogen-bond donors (Lipinski definition) is 0. The highest BCUT2D eigenvalue weighted by Gasteiger charge is 2.50. The SMILES string of the molecule is CC1(C)OC(c2ccc(C(F)(F)F)nc2Cl)OC1(C)C. The van der Waals surface area contributed by atoms with E-state index in [1.807, 2.05) is 27.7 Å². The molecule has 3 nitrogen and oxygen atoms in total. The van der Waals surface area contributed by atoms with E-state index in [9.17, 15) is 13.2 Å². The molecule has 0 aliphatic carbocycles.